The molecule has 28 heavy (non-hydrogen) atoms. The van der Waals surface area contributed by atoms with Crippen LogP contribution in [0.15, 0.2) is 47.6 Å². The monoisotopic (exact) mass is 391 g/mol. The first-order valence-corrected chi connectivity index (χ1v) is 8.80. The largest absolute Gasteiger partial charge is 0.493 e. The van der Waals surface area contributed by atoms with Crippen LogP contribution in [0.4, 0.5) is 14.5 Å². The molecule has 2 aromatic carbocycles. The Morgan fingerprint density at radius 3 is 2.43 bits per heavy atom. The fraction of sp³-hybridized carbons (Fsp3) is 0.300. The molecule has 0 spiro atoms. The van der Waals surface area contributed by atoms with Crippen molar-refractivity contribution in [3.8, 4) is 11.5 Å². The van der Waals surface area contributed by atoms with Gasteiger partial charge in [-0.3, -0.25) is 4.79 Å². The number of hydrogen-bond donors (Lipinski definition) is 1. The number of ether oxygens (including phenoxy) is 2. The average Bonchev–Trinajstić information content (AvgIpc) is 2.70. The van der Waals surface area contributed by atoms with Crippen LogP contribution in [0.3, 0.4) is 0 Å². The van der Waals surface area contributed by atoms with Gasteiger partial charge in [0, 0.05) is 29.9 Å². The van der Waals surface area contributed by atoms with Crippen LogP contribution in [0.25, 0.3) is 0 Å². The summed E-state index contributed by atoms with van der Waals surface area (Å²) >= 11 is 0. The number of alkyl halides is 2. The molecule has 0 aromatic heterocycles. The minimum atomic E-state index is -3.01. The number of benzene rings is 2. The van der Waals surface area contributed by atoms with Gasteiger partial charge in [0.2, 0.25) is 0 Å². The Kier molecular flexibility index (Phi) is 7.74. The average molecular weight is 391 g/mol. The van der Waals surface area contributed by atoms with Gasteiger partial charge in [-0.2, -0.15) is 13.9 Å². The molecule has 150 valence electrons. The van der Waals surface area contributed by atoms with E-state index in [-0.39, 0.29) is 17.1 Å². The predicted octanol–water partition coefficient (Wildman–Crippen LogP) is 3.91. The van der Waals surface area contributed by atoms with E-state index in [4.69, 9.17) is 4.74 Å². The van der Waals surface area contributed by atoms with Gasteiger partial charge in [-0.1, -0.05) is 6.07 Å². The van der Waals surface area contributed by atoms with Gasteiger partial charge in [0.1, 0.15) is 0 Å². The second kappa shape index (κ2) is 10.2. The lowest BCUT2D eigenvalue weighted by atomic mass is 10.2. The van der Waals surface area contributed by atoms with E-state index in [2.05, 4.69) is 34.0 Å². The third-order valence-corrected chi connectivity index (χ3v) is 4.06. The summed E-state index contributed by atoms with van der Waals surface area (Å²) < 4.78 is 34.8. The van der Waals surface area contributed by atoms with E-state index >= 15 is 0 Å². The summed E-state index contributed by atoms with van der Waals surface area (Å²) in [5.41, 5.74) is 4.08. The molecule has 1 amide bonds. The highest BCUT2D eigenvalue weighted by molar-refractivity contribution is 5.95. The lowest BCUT2D eigenvalue weighted by Gasteiger charge is -2.20. The fourth-order valence-corrected chi connectivity index (χ4v) is 2.65. The van der Waals surface area contributed by atoms with E-state index in [9.17, 15) is 13.6 Å². The van der Waals surface area contributed by atoms with Crippen molar-refractivity contribution in [1.82, 2.24) is 5.43 Å². The number of nitrogens with zero attached hydrogens (tertiary/aromatic N) is 2. The Morgan fingerprint density at radius 1 is 1.18 bits per heavy atom. The highest BCUT2D eigenvalue weighted by Gasteiger charge is 2.14. The Morgan fingerprint density at radius 2 is 1.86 bits per heavy atom. The molecule has 0 saturated heterocycles. The summed E-state index contributed by atoms with van der Waals surface area (Å²) in [5.74, 6) is -0.425. The normalized spacial score (nSPS) is 10.9. The molecular formula is C20H23F2N3O3. The van der Waals surface area contributed by atoms with Crippen molar-refractivity contribution >= 4 is 17.8 Å². The molecule has 0 fully saturated rings. The molecule has 0 radical (unpaired) electrons. The molecule has 2 rings (SSSR count). The summed E-state index contributed by atoms with van der Waals surface area (Å²) in [6.45, 7) is 2.85. The number of hydrogen-bond acceptors (Lipinski definition) is 5. The molecule has 0 heterocycles. The Hall–Kier alpha value is -3.16. The molecular weight excluding hydrogens is 368 g/mol. The quantitative estimate of drug-likeness (QED) is 0.520. The molecule has 1 N–H and O–H groups in total. The number of para-hydroxylation sites is 1. The Balaban J connectivity index is 2.09. The zero-order valence-corrected chi connectivity index (χ0v) is 16.0. The van der Waals surface area contributed by atoms with Gasteiger partial charge in [-0.05, 0) is 50.2 Å². The van der Waals surface area contributed by atoms with Crippen molar-refractivity contribution in [2.75, 3.05) is 25.1 Å². The second-order valence-electron chi connectivity index (χ2n) is 5.68. The fourth-order valence-electron chi connectivity index (χ4n) is 2.65. The number of anilines is 1. The minimum Gasteiger partial charge on any atom is -0.493 e. The summed E-state index contributed by atoms with van der Waals surface area (Å²) in [5, 5.41) is 3.84. The van der Waals surface area contributed by atoms with Crippen LogP contribution in [0.2, 0.25) is 0 Å². The maximum atomic E-state index is 12.6. The van der Waals surface area contributed by atoms with Gasteiger partial charge in [0.05, 0.1) is 13.3 Å². The molecule has 0 atom stereocenters. The minimum absolute atomic E-state index is 0.141. The topological polar surface area (TPSA) is 63.2 Å². The van der Waals surface area contributed by atoms with Crippen LogP contribution >= 0.6 is 0 Å². The Bertz CT molecular complexity index is 807. The standard InChI is InChI=1S/C20H23F2N3O3/c1-4-25(5-2)16-11-9-14(10-12-16)19(26)24-23-13-15-7-6-8-17(27-3)18(15)28-20(21)22/h6-13,20H,4-5H2,1-3H3,(H,24,26)/b23-13-. The summed E-state index contributed by atoms with van der Waals surface area (Å²) in [4.78, 5) is 14.4. The highest BCUT2D eigenvalue weighted by atomic mass is 19.3. The van der Waals surface area contributed by atoms with Crippen molar-refractivity contribution in [1.29, 1.82) is 0 Å². The first-order chi connectivity index (χ1) is 13.5. The van der Waals surface area contributed by atoms with Gasteiger partial charge < -0.3 is 14.4 Å². The van der Waals surface area contributed by atoms with E-state index in [1.165, 1.54) is 25.5 Å². The highest BCUT2D eigenvalue weighted by Crippen LogP contribution is 2.31. The van der Waals surface area contributed by atoms with Crippen LogP contribution in [0.5, 0.6) is 11.5 Å². The number of rotatable bonds is 9. The molecule has 0 saturated carbocycles. The van der Waals surface area contributed by atoms with Crippen LogP contribution in [-0.4, -0.2) is 38.9 Å². The summed E-state index contributed by atoms with van der Waals surface area (Å²) in [6, 6.07) is 11.8. The molecule has 0 aliphatic rings. The van der Waals surface area contributed by atoms with E-state index in [0.29, 0.717) is 5.56 Å². The zero-order valence-electron chi connectivity index (χ0n) is 16.0. The number of carbonyl (C=O) groups is 1. The molecule has 0 bridgehead atoms. The van der Waals surface area contributed by atoms with Crippen molar-refractivity contribution in [2.24, 2.45) is 5.10 Å². The summed E-state index contributed by atoms with van der Waals surface area (Å²) in [6.07, 6.45) is 1.22. The molecule has 0 aliphatic heterocycles. The van der Waals surface area contributed by atoms with Gasteiger partial charge in [0.25, 0.3) is 5.91 Å². The number of nitrogens with one attached hydrogen (secondary N) is 1. The second-order valence-corrected chi connectivity index (χ2v) is 5.68. The summed E-state index contributed by atoms with van der Waals surface area (Å²) in [7, 11) is 1.35. The number of carbonyl (C=O) groups excluding carboxylic acids is 1. The van der Waals surface area contributed by atoms with E-state index < -0.39 is 12.5 Å². The number of hydrazone groups is 1. The molecule has 6 nitrogen and oxygen atoms in total. The number of amides is 1. The van der Waals surface area contributed by atoms with Gasteiger partial charge in [-0.25, -0.2) is 5.43 Å². The third-order valence-electron chi connectivity index (χ3n) is 4.06. The van der Waals surface area contributed by atoms with Crippen LogP contribution in [-0.2, 0) is 0 Å². The smallest absolute Gasteiger partial charge is 0.387 e. The van der Waals surface area contributed by atoms with Gasteiger partial charge >= 0.3 is 6.61 Å². The maximum absolute atomic E-state index is 12.6. The molecule has 0 unspecified atom stereocenters. The lowest BCUT2D eigenvalue weighted by molar-refractivity contribution is -0.0513. The van der Waals surface area contributed by atoms with Crippen LogP contribution < -0.4 is 19.8 Å². The van der Waals surface area contributed by atoms with E-state index in [1.54, 1.807) is 18.2 Å². The zero-order chi connectivity index (χ0) is 20.5. The number of halogens is 2. The predicted molar refractivity (Wildman–Crippen MR) is 105 cm³/mol. The molecule has 0 aliphatic carbocycles. The number of methoxy groups -OCH3 is 1. The first-order valence-electron chi connectivity index (χ1n) is 8.80. The Labute approximate surface area is 162 Å². The first kappa shape index (κ1) is 21.1. The third kappa shape index (κ3) is 5.42. The SMILES string of the molecule is CCN(CC)c1ccc(C(=O)N/N=C\c2cccc(OC)c2OC(F)F)cc1. The van der Waals surface area contributed by atoms with Gasteiger partial charge in [-0.15, -0.1) is 0 Å². The van der Waals surface area contributed by atoms with Crippen molar-refractivity contribution in [3.05, 3.63) is 53.6 Å². The van der Waals surface area contributed by atoms with Gasteiger partial charge in [0.15, 0.2) is 11.5 Å². The van der Waals surface area contributed by atoms with Crippen LogP contribution in [0, 0.1) is 0 Å². The molecule has 8 heteroatoms. The maximum Gasteiger partial charge on any atom is 0.387 e. The van der Waals surface area contributed by atoms with E-state index in [0.717, 1.165) is 18.8 Å². The van der Waals surface area contributed by atoms with Crippen molar-refractivity contribution < 1.29 is 23.0 Å². The van der Waals surface area contributed by atoms with Crippen molar-refractivity contribution in [2.45, 2.75) is 20.5 Å². The lowest BCUT2D eigenvalue weighted by Crippen LogP contribution is -2.22. The van der Waals surface area contributed by atoms with E-state index in [1.807, 2.05) is 12.1 Å². The van der Waals surface area contributed by atoms with Crippen molar-refractivity contribution in [3.63, 3.8) is 0 Å². The molecule has 2 aromatic rings. The van der Waals surface area contributed by atoms with Crippen LogP contribution in [0.1, 0.15) is 29.8 Å².